The zero-order valence-electron chi connectivity index (χ0n) is 14.9. The molecular weight excluding hydrogens is 354 g/mol. The van der Waals surface area contributed by atoms with E-state index in [-0.39, 0.29) is 0 Å². The second kappa shape index (κ2) is 6.31. The standard InChI is InChI=1S/C18H21N3O2S2/c1-10-6-7-15(11(2)8-10)21-25(22,23)17-9-16(24-14(17)5)18-12(3)13(4)19-20-18/h6-9,21H,1-5H3,(H,19,20). The molecule has 1 aromatic carbocycles. The highest BCUT2D eigenvalue weighted by atomic mass is 32.2. The van der Waals surface area contributed by atoms with Crippen LogP contribution in [0.25, 0.3) is 10.6 Å². The third kappa shape index (κ3) is 3.34. The molecule has 5 nitrogen and oxygen atoms in total. The molecule has 3 aromatic rings. The van der Waals surface area contributed by atoms with E-state index in [9.17, 15) is 8.42 Å². The molecule has 0 saturated carbocycles. The van der Waals surface area contributed by atoms with Crippen LogP contribution in [0.2, 0.25) is 0 Å². The Hall–Kier alpha value is -2.12. The molecule has 0 unspecified atom stereocenters. The van der Waals surface area contributed by atoms with E-state index < -0.39 is 10.0 Å². The van der Waals surface area contributed by atoms with E-state index in [4.69, 9.17) is 0 Å². The number of nitrogens with zero attached hydrogens (tertiary/aromatic N) is 1. The van der Waals surface area contributed by atoms with Crippen molar-refractivity contribution in [2.45, 2.75) is 39.5 Å². The minimum atomic E-state index is -3.65. The second-order valence-corrected chi connectivity index (χ2v) is 9.18. The maximum Gasteiger partial charge on any atom is 0.263 e. The van der Waals surface area contributed by atoms with Crippen LogP contribution in [0.4, 0.5) is 5.69 Å². The highest BCUT2D eigenvalue weighted by Gasteiger charge is 2.23. The first-order chi connectivity index (χ1) is 11.7. The summed E-state index contributed by atoms with van der Waals surface area (Å²) in [5.41, 5.74) is 5.42. The quantitative estimate of drug-likeness (QED) is 0.706. The van der Waals surface area contributed by atoms with Gasteiger partial charge in [-0.25, -0.2) is 8.42 Å². The number of hydrogen-bond acceptors (Lipinski definition) is 4. The Balaban J connectivity index is 1.99. The summed E-state index contributed by atoms with van der Waals surface area (Å²) in [5.74, 6) is 0. The van der Waals surface area contributed by atoms with Crippen LogP contribution in [-0.4, -0.2) is 18.6 Å². The summed E-state index contributed by atoms with van der Waals surface area (Å²) in [6, 6.07) is 7.35. The van der Waals surface area contributed by atoms with E-state index in [2.05, 4.69) is 14.9 Å². The van der Waals surface area contributed by atoms with Gasteiger partial charge in [0.15, 0.2) is 0 Å². The third-order valence-electron chi connectivity index (χ3n) is 4.27. The molecule has 0 atom stereocenters. The largest absolute Gasteiger partial charge is 0.282 e. The minimum Gasteiger partial charge on any atom is -0.282 e. The highest BCUT2D eigenvalue weighted by Crippen LogP contribution is 2.35. The van der Waals surface area contributed by atoms with Gasteiger partial charge in [-0.3, -0.25) is 9.82 Å². The van der Waals surface area contributed by atoms with Crippen LogP contribution < -0.4 is 4.72 Å². The van der Waals surface area contributed by atoms with Crippen molar-refractivity contribution in [3.05, 3.63) is 51.5 Å². The summed E-state index contributed by atoms with van der Waals surface area (Å²) in [4.78, 5) is 1.89. The number of rotatable bonds is 4. The monoisotopic (exact) mass is 375 g/mol. The molecule has 0 aliphatic rings. The lowest BCUT2D eigenvalue weighted by atomic mass is 10.1. The molecule has 2 N–H and O–H groups in total. The van der Waals surface area contributed by atoms with Crippen molar-refractivity contribution in [3.8, 4) is 10.6 Å². The molecule has 7 heteroatoms. The van der Waals surface area contributed by atoms with Gasteiger partial charge < -0.3 is 0 Å². The maximum atomic E-state index is 12.9. The Kier molecular flexibility index (Phi) is 4.47. The summed E-state index contributed by atoms with van der Waals surface area (Å²) in [6.45, 7) is 9.62. The lowest BCUT2D eigenvalue weighted by Gasteiger charge is -2.10. The van der Waals surface area contributed by atoms with Gasteiger partial charge in [0, 0.05) is 10.6 Å². The second-order valence-electron chi connectivity index (χ2n) is 6.28. The number of aromatic amines is 1. The Morgan fingerprint density at radius 2 is 1.80 bits per heavy atom. The minimum absolute atomic E-state index is 0.299. The first kappa shape index (κ1) is 17.7. The molecule has 0 aliphatic carbocycles. The van der Waals surface area contributed by atoms with Crippen molar-refractivity contribution in [2.24, 2.45) is 0 Å². The Labute approximate surface area is 152 Å². The normalized spacial score (nSPS) is 11.7. The van der Waals surface area contributed by atoms with Gasteiger partial charge in [0.25, 0.3) is 10.0 Å². The van der Waals surface area contributed by atoms with Crippen LogP contribution in [0.1, 0.15) is 27.3 Å². The third-order valence-corrected chi connectivity index (χ3v) is 6.95. The van der Waals surface area contributed by atoms with Crippen molar-refractivity contribution in [2.75, 3.05) is 4.72 Å². The van der Waals surface area contributed by atoms with E-state index >= 15 is 0 Å². The average molecular weight is 376 g/mol. The van der Waals surface area contributed by atoms with Crippen LogP contribution >= 0.6 is 11.3 Å². The van der Waals surface area contributed by atoms with Crippen molar-refractivity contribution in [1.29, 1.82) is 0 Å². The summed E-state index contributed by atoms with van der Waals surface area (Å²) >= 11 is 1.44. The number of aromatic nitrogens is 2. The topological polar surface area (TPSA) is 74.8 Å². The lowest BCUT2D eigenvalue weighted by Crippen LogP contribution is -2.14. The average Bonchev–Trinajstić information content (AvgIpc) is 3.06. The lowest BCUT2D eigenvalue weighted by molar-refractivity contribution is 0.601. The fourth-order valence-corrected chi connectivity index (χ4v) is 5.47. The van der Waals surface area contributed by atoms with Crippen molar-refractivity contribution in [1.82, 2.24) is 10.2 Å². The number of H-pyrrole nitrogens is 1. The van der Waals surface area contributed by atoms with E-state index in [1.54, 1.807) is 12.1 Å². The summed E-state index contributed by atoms with van der Waals surface area (Å²) < 4.78 is 28.4. The molecule has 25 heavy (non-hydrogen) atoms. The molecule has 0 bridgehead atoms. The van der Waals surface area contributed by atoms with Crippen molar-refractivity contribution in [3.63, 3.8) is 0 Å². The fraction of sp³-hybridized carbons (Fsp3) is 0.278. The molecule has 2 aromatic heterocycles. The van der Waals surface area contributed by atoms with Crippen molar-refractivity contribution < 1.29 is 8.42 Å². The van der Waals surface area contributed by atoms with Crippen LogP contribution in [0.3, 0.4) is 0 Å². The van der Waals surface area contributed by atoms with Crippen LogP contribution in [0.15, 0.2) is 29.2 Å². The molecule has 0 aliphatic heterocycles. The zero-order valence-corrected chi connectivity index (χ0v) is 16.5. The van der Waals surface area contributed by atoms with E-state index in [1.165, 1.54) is 11.3 Å². The molecule has 0 spiro atoms. The molecular formula is C18H21N3O2S2. The van der Waals surface area contributed by atoms with Gasteiger partial charge in [-0.2, -0.15) is 5.10 Å². The summed E-state index contributed by atoms with van der Waals surface area (Å²) in [7, 11) is -3.65. The SMILES string of the molecule is Cc1ccc(NS(=O)(=O)c2cc(-c3n[nH]c(C)c3C)sc2C)c(C)c1. The van der Waals surface area contributed by atoms with Crippen LogP contribution in [-0.2, 0) is 10.0 Å². The molecule has 2 heterocycles. The number of hydrogen-bond donors (Lipinski definition) is 2. The molecule has 0 fully saturated rings. The number of anilines is 1. The molecule has 0 radical (unpaired) electrons. The maximum absolute atomic E-state index is 12.9. The molecule has 132 valence electrons. The fourth-order valence-electron chi connectivity index (χ4n) is 2.70. The Morgan fingerprint density at radius 3 is 2.40 bits per heavy atom. The Morgan fingerprint density at radius 1 is 1.08 bits per heavy atom. The van der Waals surface area contributed by atoms with Gasteiger partial charge in [0.2, 0.25) is 0 Å². The Bertz CT molecular complexity index is 1050. The predicted molar refractivity (Wildman–Crippen MR) is 103 cm³/mol. The van der Waals surface area contributed by atoms with Crippen LogP contribution in [0, 0.1) is 34.6 Å². The van der Waals surface area contributed by atoms with Gasteiger partial charge in [-0.15, -0.1) is 11.3 Å². The van der Waals surface area contributed by atoms with Gasteiger partial charge in [0.1, 0.15) is 10.6 Å². The first-order valence-electron chi connectivity index (χ1n) is 7.91. The summed E-state index contributed by atoms with van der Waals surface area (Å²) in [6.07, 6.45) is 0. The molecule has 3 rings (SSSR count). The number of aryl methyl sites for hydroxylation is 4. The highest BCUT2D eigenvalue weighted by molar-refractivity contribution is 7.93. The smallest absolute Gasteiger partial charge is 0.263 e. The number of benzene rings is 1. The first-order valence-corrected chi connectivity index (χ1v) is 10.2. The van der Waals surface area contributed by atoms with Gasteiger partial charge in [-0.1, -0.05) is 17.7 Å². The van der Waals surface area contributed by atoms with Gasteiger partial charge >= 0.3 is 0 Å². The van der Waals surface area contributed by atoms with E-state index in [1.807, 2.05) is 46.8 Å². The van der Waals surface area contributed by atoms with Crippen molar-refractivity contribution >= 4 is 27.0 Å². The predicted octanol–water partition coefficient (Wildman–Crippen LogP) is 4.48. The number of nitrogens with one attached hydrogen (secondary N) is 2. The zero-order chi connectivity index (χ0) is 18.4. The summed E-state index contributed by atoms with van der Waals surface area (Å²) in [5, 5.41) is 7.25. The molecule has 0 saturated heterocycles. The molecule has 0 amide bonds. The van der Waals surface area contributed by atoms with E-state index in [0.29, 0.717) is 10.6 Å². The number of thiophene rings is 1. The van der Waals surface area contributed by atoms with E-state index in [0.717, 1.165) is 37.8 Å². The van der Waals surface area contributed by atoms with Gasteiger partial charge in [0.05, 0.1) is 10.6 Å². The van der Waals surface area contributed by atoms with Gasteiger partial charge in [-0.05, 0) is 57.9 Å². The van der Waals surface area contributed by atoms with Crippen LogP contribution in [0.5, 0.6) is 0 Å². The number of sulfonamides is 1.